The molecule has 0 atom stereocenters. The molecule has 13 heavy (non-hydrogen) atoms. The van der Waals surface area contributed by atoms with E-state index in [9.17, 15) is 9.59 Å². The fourth-order valence-corrected chi connectivity index (χ4v) is 1.35. The Hall–Kier alpha value is -1.32. The lowest BCUT2D eigenvalue weighted by Gasteiger charge is -2.08. The average Bonchev–Trinajstić information content (AvgIpc) is 2.53. The highest BCUT2D eigenvalue weighted by Crippen LogP contribution is 2.20. The number of esters is 1. The van der Waals surface area contributed by atoms with E-state index in [1.807, 2.05) is 0 Å². The first kappa shape index (κ1) is 9.77. The van der Waals surface area contributed by atoms with Gasteiger partial charge >= 0.3 is 11.9 Å². The van der Waals surface area contributed by atoms with Crippen molar-refractivity contribution in [2.75, 3.05) is 0 Å². The van der Waals surface area contributed by atoms with Crippen LogP contribution in [0.15, 0.2) is 12.2 Å². The zero-order chi connectivity index (χ0) is 9.68. The molecule has 1 aliphatic rings. The Morgan fingerprint density at radius 1 is 1.23 bits per heavy atom. The molecule has 0 bridgehead atoms. The molecule has 72 valence electrons. The predicted molar refractivity (Wildman–Crippen MR) is 45.1 cm³/mol. The van der Waals surface area contributed by atoms with E-state index in [4.69, 9.17) is 9.84 Å². The summed E-state index contributed by atoms with van der Waals surface area (Å²) in [7, 11) is 0. The number of carboxylic acids is 1. The van der Waals surface area contributed by atoms with Crippen LogP contribution in [0.3, 0.4) is 0 Å². The smallest absolute Gasteiger partial charge is 0.331 e. The number of carboxylic acid groups (broad SMARTS) is 1. The van der Waals surface area contributed by atoms with Crippen LogP contribution in [-0.2, 0) is 14.3 Å². The second-order valence-corrected chi connectivity index (χ2v) is 3.01. The standard InChI is InChI=1S/C9H12O4/c10-8(11)5-6-9(12)13-7-3-1-2-4-7/h5-7H,1-4H2,(H,10,11). The van der Waals surface area contributed by atoms with Crippen LogP contribution >= 0.6 is 0 Å². The summed E-state index contributed by atoms with van der Waals surface area (Å²) in [4.78, 5) is 21.0. The Morgan fingerprint density at radius 3 is 2.38 bits per heavy atom. The van der Waals surface area contributed by atoms with E-state index in [0.717, 1.165) is 37.8 Å². The highest BCUT2D eigenvalue weighted by atomic mass is 16.5. The maximum atomic E-state index is 10.9. The number of hydrogen-bond acceptors (Lipinski definition) is 3. The molecule has 1 rings (SSSR count). The van der Waals surface area contributed by atoms with Crippen LogP contribution in [0.1, 0.15) is 25.7 Å². The molecule has 1 aliphatic carbocycles. The number of aliphatic carboxylic acids is 1. The van der Waals surface area contributed by atoms with Crippen LogP contribution in [0.2, 0.25) is 0 Å². The molecule has 0 radical (unpaired) electrons. The largest absolute Gasteiger partial charge is 0.478 e. The summed E-state index contributed by atoms with van der Waals surface area (Å²) in [6.45, 7) is 0. The van der Waals surface area contributed by atoms with Gasteiger partial charge in [-0.3, -0.25) is 0 Å². The topological polar surface area (TPSA) is 63.6 Å². The molecule has 0 aliphatic heterocycles. The minimum Gasteiger partial charge on any atom is -0.478 e. The maximum absolute atomic E-state index is 10.9. The number of carbonyl (C=O) groups excluding carboxylic acids is 1. The van der Waals surface area contributed by atoms with E-state index >= 15 is 0 Å². The van der Waals surface area contributed by atoms with Crippen LogP contribution in [0.4, 0.5) is 0 Å². The van der Waals surface area contributed by atoms with Gasteiger partial charge in [-0.15, -0.1) is 0 Å². The Labute approximate surface area is 76.2 Å². The lowest BCUT2D eigenvalue weighted by atomic mass is 10.3. The third kappa shape index (κ3) is 3.73. The molecule has 1 fully saturated rings. The van der Waals surface area contributed by atoms with Crippen LogP contribution in [-0.4, -0.2) is 23.1 Å². The predicted octanol–water partition coefficient (Wildman–Crippen LogP) is 1.11. The van der Waals surface area contributed by atoms with Crippen molar-refractivity contribution in [3.63, 3.8) is 0 Å². The zero-order valence-electron chi connectivity index (χ0n) is 7.23. The molecule has 0 amide bonds. The van der Waals surface area contributed by atoms with E-state index in [1.54, 1.807) is 0 Å². The van der Waals surface area contributed by atoms with Gasteiger partial charge in [0, 0.05) is 12.2 Å². The highest BCUT2D eigenvalue weighted by Gasteiger charge is 2.17. The molecule has 0 saturated heterocycles. The molecule has 0 spiro atoms. The maximum Gasteiger partial charge on any atom is 0.331 e. The molecule has 0 aromatic rings. The average molecular weight is 184 g/mol. The van der Waals surface area contributed by atoms with Crippen molar-refractivity contribution < 1.29 is 19.4 Å². The molecular weight excluding hydrogens is 172 g/mol. The zero-order valence-corrected chi connectivity index (χ0v) is 7.23. The van der Waals surface area contributed by atoms with Crippen molar-refractivity contribution in [3.8, 4) is 0 Å². The van der Waals surface area contributed by atoms with E-state index in [1.165, 1.54) is 0 Å². The molecule has 0 aromatic heterocycles. The summed E-state index contributed by atoms with van der Waals surface area (Å²) in [6, 6.07) is 0. The molecule has 0 heterocycles. The summed E-state index contributed by atoms with van der Waals surface area (Å²) in [5, 5.41) is 8.23. The van der Waals surface area contributed by atoms with E-state index in [0.29, 0.717) is 0 Å². The van der Waals surface area contributed by atoms with Gasteiger partial charge in [0.1, 0.15) is 6.10 Å². The van der Waals surface area contributed by atoms with Crippen molar-refractivity contribution in [1.82, 2.24) is 0 Å². The molecule has 0 unspecified atom stereocenters. The molecule has 0 aromatic carbocycles. The second kappa shape index (κ2) is 4.64. The Morgan fingerprint density at radius 2 is 1.85 bits per heavy atom. The first-order valence-electron chi connectivity index (χ1n) is 4.30. The lowest BCUT2D eigenvalue weighted by Crippen LogP contribution is -2.12. The van der Waals surface area contributed by atoms with E-state index < -0.39 is 11.9 Å². The van der Waals surface area contributed by atoms with Crippen LogP contribution in [0, 0.1) is 0 Å². The highest BCUT2D eigenvalue weighted by molar-refractivity contribution is 5.90. The molecule has 4 heteroatoms. The van der Waals surface area contributed by atoms with Crippen molar-refractivity contribution in [3.05, 3.63) is 12.2 Å². The van der Waals surface area contributed by atoms with Gasteiger partial charge in [-0.05, 0) is 25.7 Å². The number of carbonyl (C=O) groups is 2. The van der Waals surface area contributed by atoms with Crippen LogP contribution < -0.4 is 0 Å². The molecule has 4 nitrogen and oxygen atoms in total. The third-order valence-electron chi connectivity index (χ3n) is 1.95. The minimum absolute atomic E-state index is 0.00838. The van der Waals surface area contributed by atoms with Gasteiger partial charge in [-0.1, -0.05) is 0 Å². The number of hydrogen-bond donors (Lipinski definition) is 1. The minimum atomic E-state index is -1.14. The van der Waals surface area contributed by atoms with Crippen molar-refractivity contribution in [2.24, 2.45) is 0 Å². The van der Waals surface area contributed by atoms with Gasteiger partial charge in [0.25, 0.3) is 0 Å². The van der Waals surface area contributed by atoms with E-state index in [-0.39, 0.29) is 6.10 Å². The van der Waals surface area contributed by atoms with Crippen molar-refractivity contribution in [1.29, 1.82) is 0 Å². The van der Waals surface area contributed by atoms with Crippen LogP contribution in [0.25, 0.3) is 0 Å². The van der Waals surface area contributed by atoms with Crippen LogP contribution in [0.5, 0.6) is 0 Å². The quantitative estimate of drug-likeness (QED) is 0.527. The number of ether oxygens (including phenoxy) is 1. The molecular formula is C9H12O4. The second-order valence-electron chi connectivity index (χ2n) is 3.01. The van der Waals surface area contributed by atoms with Gasteiger partial charge in [0.15, 0.2) is 0 Å². The summed E-state index contributed by atoms with van der Waals surface area (Å²) < 4.78 is 4.97. The van der Waals surface area contributed by atoms with Gasteiger partial charge in [-0.25, -0.2) is 9.59 Å². The Balaban J connectivity index is 2.28. The summed E-state index contributed by atoms with van der Waals surface area (Å²) in [5.41, 5.74) is 0. The van der Waals surface area contributed by atoms with E-state index in [2.05, 4.69) is 0 Å². The van der Waals surface area contributed by atoms with Gasteiger partial charge in [-0.2, -0.15) is 0 Å². The van der Waals surface area contributed by atoms with Crippen molar-refractivity contribution >= 4 is 11.9 Å². The lowest BCUT2D eigenvalue weighted by molar-refractivity contribution is -0.143. The Kier molecular flexibility index (Phi) is 3.49. The first-order valence-corrected chi connectivity index (χ1v) is 4.30. The van der Waals surface area contributed by atoms with Gasteiger partial charge in [0.2, 0.25) is 0 Å². The summed E-state index contributed by atoms with van der Waals surface area (Å²) >= 11 is 0. The van der Waals surface area contributed by atoms with Gasteiger partial charge in [0.05, 0.1) is 0 Å². The van der Waals surface area contributed by atoms with Crippen molar-refractivity contribution in [2.45, 2.75) is 31.8 Å². The fourth-order valence-electron chi connectivity index (χ4n) is 1.35. The normalized spacial score (nSPS) is 17.8. The fraction of sp³-hybridized carbons (Fsp3) is 0.556. The molecule has 1 saturated carbocycles. The SMILES string of the molecule is O=C(O)C=CC(=O)OC1CCCC1. The monoisotopic (exact) mass is 184 g/mol. The first-order chi connectivity index (χ1) is 6.18. The number of rotatable bonds is 3. The third-order valence-corrected chi connectivity index (χ3v) is 1.95. The Bertz CT molecular complexity index is 226. The van der Waals surface area contributed by atoms with Gasteiger partial charge < -0.3 is 9.84 Å². The summed E-state index contributed by atoms with van der Waals surface area (Å²) in [6.07, 6.45) is 5.68. The summed E-state index contributed by atoms with van der Waals surface area (Å²) in [5.74, 6) is -1.70. The molecule has 1 N–H and O–H groups in total.